The van der Waals surface area contributed by atoms with Crippen LogP contribution in [0, 0.1) is 0 Å². The fourth-order valence-electron chi connectivity index (χ4n) is 6.31. The van der Waals surface area contributed by atoms with Crippen LogP contribution in [-0.2, 0) is 67.0 Å². The van der Waals surface area contributed by atoms with E-state index in [1.54, 1.807) is 0 Å². The summed E-state index contributed by atoms with van der Waals surface area (Å²) in [6.07, 6.45) is -7.34. The van der Waals surface area contributed by atoms with Gasteiger partial charge in [-0.05, 0) is 83.9 Å². The Morgan fingerprint density at radius 3 is 1.09 bits per heavy atom. The molecule has 0 fully saturated rings. The van der Waals surface area contributed by atoms with E-state index in [9.17, 15) is 79.2 Å². The third kappa shape index (κ3) is 23.6. The molecular weight excluding hydrogens is 1130 g/mol. The van der Waals surface area contributed by atoms with E-state index >= 15 is 0 Å². The van der Waals surface area contributed by atoms with Gasteiger partial charge >= 0.3 is 48.0 Å². The van der Waals surface area contributed by atoms with Crippen LogP contribution in [0.3, 0.4) is 0 Å². The van der Waals surface area contributed by atoms with Crippen LogP contribution in [0.4, 0.5) is 24.5 Å². The quantitative estimate of drug-likeness (QED) is 0.0107. The SMILES string of the molecule is NC(N)=Nc1ccc(C(=O)Oc2ccc(CNS(=O)(=O)N(CCOCCOCCN([C@@H](CC(=O)O)C(=O)O)S(=O)(=O)NCc3ccc(OC(=O)c4ccc(N=C(N)N)cc4)cc3)[C@@H](CC(=O)O)C(=O)O)cc2)cc1.O=C(O)C(F)(F)F. The second-order valence-corrected chi connectivity index (χ2v) is 19.5. The summed E-state index contributed by atoms with van der Waals surface area (Å²) in [6.45, 7) is -3.85. The number of aliphatic carboxylic acids is 5. The second kappa shape index (κ2) is 31.1. The van der Waals surface area contributed by atoms with Crippen LogP contribution in [0.15, 0.2) is 107 Å². The number of carbonyl (C=O) groups is 7. The van der Waals surface area contributed by atoms with E-state index in [4.69, 9.17) is 51.8 Å². The molecule has 81 heavy (non-hydrogen) atoms. The number of carbonyl (C=O) groups excluding carboxylic acids is 2. The van der Waals surface area contributed by atoms with Crippen molar-refractivity contribution in [1.82, 2.24) is 18.1 Å². The van der Waals surface area contributed by atoms with Gasteiger partial charge in [-0.2, -0.15) is 48.1 Å². The molecule has 30 nitrogen and oxygen atoms in total. The zero-order chi connectivity index (χ0) is 60.7. The van der Waals surface area contributed by atoms with E-state index in [0.29, 0.717) is 31.1 Å². The third-order valence-corrected chi connectivity index (χ3v) is 13.2. The minimum absolute atomic E-state index is 0.0950. The summed E-state index contributed by atoms with van der Waals surface area (Å²) in [4.78, 5) is 89.2. The van der Waals surface area contributed by atoms with Gasteiger partial charge in [0.2, 0.25) is 0 Å². The Balaban J connectivity index is 0.00000230. The smallest absolute Gasteiger partial charge is 0.481 e. The molecule has 0 heterocycles. The number of halogens is 3. The van der Waals surface area contributed by atoms with Crippen molar-refractivity contribution in [2.24, 2.45) is 32.9 Å². The normalized spacial score (nSPS) is 12.2. The molecule has 35 heteroatoms. The number of hydrogen-bond donors (Lipinski definition) is 11. The van der Waals surface area contributed by atoms with Crippen LogP contribution < -0.4 is 41.9 Å². The van der Waals surface area contributed by atoms with Crippen molar-refractivity contribution in [3.05, 3.63) is 119 Å². The molecule has 0 radical (unpaired) electrons. The molecule has 15 N–H and O–H groups in total. The summed E-state index contributed by atoms with van der Waals surface area (Å²) in [5.41, 5.74) is 23.2. The molecule has 4 aromatic rings. The number of esters is 2. The first kappa shape index (κ1) is 66.4. The second-order valence-electron chi connectivity index (χ2n) is 16.0. The van der Waals surface area contributed by atoms with E-state index in [0.717, 1.165) is 0 Å². The first-order valence-electron chi connectivity index (χ1n) is 22.8. The average molecular weight is 1190 g/mol. The minimum atomic E-state index is -5.08. The fraction of sp³-hybridized carbons (Fsp3) is 0.283. The highest BCUT2D eigenvalue weighted by molar-refractivity contribution is 7.87. The van der Waals surface area contributed by atoms with Crippen molar-refractivity contribution >= 4 is 85.5 Å². The van der Waals surface area contributed by atoms with Gasteiger partial charge in [0.15, 0.2) is 11.9 Å². The number of guanidine groups is 2. The highest BCUT2D eigenvalue weighted by atomic mass is 32.2. The zero-order valence-corrected chi connectivity index (χ0v) is 43.5. The lowest BCUT2D eigenvalue weighted by Crippen LogP contribution is -2.52. The summed E-state index contributed by atoms with van der Waals surface area (Å²) in [7, 11) is -9.49. The van der Waals surface area contributed by atoms with Gasteiger partial charge in [0.1, 0.15) is 23.6 Å². The zero-order valence-electron chi connectivity index (χ0n) is 41.9. The molecule has 0 spiro atoms. The Kier molecular flexibility index (Phi) is 25.5. The molecule has 440 valence electrons. The minimum Gasteiger partial charge on any atom is -0.481 e. The number of hydrogen-bond acceptors (Lipinski definition) is 17. The lowest BCUT2D eigenvalue weighted by molar-refractivity contribution is -0.192. The van der Waals surface area contributed by atoms with Gasteiger partial charge in [-0.1, -0.05) is 24.3 Å². The monoisotopic (exact) mass is 1190 g/mol. The Morgan fingerprint density at radius 1 is 0.519 bits per heavy atom. The number of alkyl halides is 3. The van der Waals surface area contributed by atoms with E-state index in [1.807, 2.05) is 0 Å². The van der Waals surface area contributed by atoms with Crippen LogP contribution in [0.2, 0.25) is 0 Å². The number of nitrogens with two attached hydrogens (primary N) is 4. The standard InChI is InChI=1S/C44H52N10O18S2.C2HF3O2/c45-43(46)51-31-9-5-29(6-10-31)41(63)71-33-13-1-27(2-14-33)25-49-73(65,66)53(35(39(59)60)23-37(55)56)17-19-69-21-22-70-20-18-54(36(40(61)62)24-38(57)58)74(67,68)50-26-28-3-15-34(16-4-28)72-42(64)30-7-11-32(12-8-30)52-44(47)48;3-2(4,5)1(6)7/h1-16,35-36,49-50H,17-26H2,(H,55,56)(H,57,58)(H,59,60)(H,61,62)(H4,45,46,51)(H4,47,48,52);(H,6,7)/t35-,36-;/m0./s1. The Hall–Kier alpha value is -8.84. The summed E-state index contributed by atoms with van der Waals surface area (Å²) >= 11 is 0. The number of nitrogens with zero attached hydrogens (tertiary/aromatic N) is 4. The van der Waals surface area contributed by atoms with Gasteiger partial charge in [-0.3, -0.25) is 19.2 Å². The summed E-state index contributed by atoms with van der Waals surface area (Å²) in [5.74, 6) is -11.2. The molecule has 4 rings (SSSR count). The van der Waals surface area contributed by atoms with Gasteiger partial charge in [-0.25, -0.2) is 24.4 Å². The van der Waals surface area contributed by atoms with E-state index in [1.165, 1.54) is 97.1 Å². The van der Waals surface area contributed by atoms with Crippen molar-refractivity contribution in [3.8, 4) is 11.5 Å². The molecular formula is C46H53F3N10O20S2. The van der Waals surface area contributed by atoms with E-state index in [2.05, 4.69) is 19.4 Å². The first-order chi connectivity index (χ1) is 37.9. The Bertz CT molecular complexity index is 2910. The van der Waals surface area contributed by atoms with Crippen LogP contribution in [0.1, 0.15) is 44.7 Å². The maximum Gasteiger partial charge on any atom is 0.490 e. The van der Waals surface area contributed by atoms with Crippen molar-refractivity contribution < 1.29 is 108 Å². The number of carboxylic acids is 5. The number of aliphatic imine (C=N–C) groups is 2. The van der Waals surface area contributed by atoms with Gasteiger partial charge in [0.05, 0.1) is 61.8 Å². The molecule has 0 saturated heterocycles. The Morgan fingerprint density at radius 2 is 0.827 bits per heavy atom. The molecule has 0 saturated carbocycles. The summed E-state index contributed by atoms with van der Waals surface area (Å²) in [6, 6.07) is 18.6. The predicted molar refractivity (Wildman–Crippen MR) is 274 cm³/mol. The lowest BCUT2D eigenvalue weighted by Gasteiger charge is -2.27. The van der Waals surface area contributed by atoms with Crippen molar-refractivity contribution in [2.45, 2.75) is 44.2 Å². The third-order valence-electron chi connectivity index (χ3n) is 10.1. The van der Waals surface area contributed by atoms with Gasteiger partial charge in [0.25, 0.3) is 20.4 Å². The van der Waals surface area contributed by atoms with Crippen LogP contribution in [-0.4, -0.2) is 162 Å². The van der Waals surface area contributed by atoms with E-state index in [-0.39, 0.29) is 47.8 Å². The first-order valence-corrected chi connectivity index (χ1v) is 25.7. The van der Waals surface area contributed by atoms with Crippen LogP contribution in [0.25, 0.3) is 0 Å². The maximum absolute atomic E-state index is 13.5. The molecule has 0 aliphatic rings. The number of nitrogens with one attached hydrogen (secondary N) is 2. The number of carboxylic acid groups (broad SMARTS) is 5. The van der Waals surface area contributed by atoms with Gasteiger partial charge in [-0.15, -0.1) is 0 Å². The molecule has 0 aliphatic heterocycles. The summed E-state index contributed by atoms with van der Waals surface area (Å²) in [5, 5.41) is 45.5. The molecule has 0 unspecified atom stereocenters. The molecule has 0 bridgehead atoms. The predicted octanol–water partition coefficient (Wildman–Crippen LogP) is 0.430. The van der Waals surface area contributed by atoms with Crippen molar-refractivity contribution in [3.63, 3.8) is 0 Å². The van der Waals surface area contributed by atoms with Gasteiger partial charge < -0.3 is 67.4 Å². The Labute approximate surface area is 457 Å². The van der Waals surface area contributed by atoms with Gasteiger partial charge in [0, 0.05) is 26.2 Å². The van der Waals surface area contributed by atoms with E-state index < -0.39 is 133 Å². The van der Waals surface area contributed by atoms with Crippen LogP contribution in [0.5, 0.6) is 11.5 Å². The molecule has 0 amide bonds. The molecule has 0 aromatic heterocycles. The average Bonchev–Trinajstić information content (AvgIpc) is 3.43. The van der Waals surface area contributed by atoms with Crippen molar-refractivity contribution in [2.75, 3.05) is 39.5 Å². The highest BCUT2D eigenvalue weighted by Gasteiger charge is 2.39. The molecule has 4 aromatic carbocycles. The fourth-order valence-corrected chi connectivity index (χ4v) is 8.97. The highest BCUT2D eigenvalue weighted by Crippen LogP contribution is 2.21. The number of rotatable bonds is 31. The summed E-state index contributed by atoms with van der Waals surface area (Å²) < 4.78 is 112. The number of ether oxygens (including phenoxy) is 4. The number of benzene rings is 4. The maximum atomic E-state index is 13.5. The lowest BCUT2D eigenvalue weighted by atomic mass is 10.2. The largest absolute Gasteiger partial charge is 0.490 e. The van der Waals surface area contributed by atoms with Crippen molar-refractivity contribution in [1.29, 1.82) is 0 Å². The molecule has 0 aliphatic carbocycles. The molecule has 2 atom stereocenters. The van der Waals surface area contributed by atoms with Crippen LogP contribution >= 0.6 is 0 Å². The topological polar surface area (TPSA) is 485 Å².